The maximum Gasteiger partial charge on any atom is 0.338 e. The zero-order valence-corrected chi connectivity index (χ0v) is 14.1. The highest BCUT2D eigenvalue weighted by Crippen LogP contribution is 2.33. The second kappa shape index (κ2) is 6.97. The lowest BCUT2D eigenvalue weighted by molar-refractivity contribution is 0.0525. The fourth-order valence-electron chi connectivity index (χ4n) is 2.25. The first kappa shape index (κ1) is 16.4. The Balaban J connectivity index is 1.93. The summed E-state index contributed by atoms with van der Waals surface area (Å²) in [5.41, 5.74) is 2.11. The van der Waals surface area contributed by atoms with E-state index in [9.17, 15) is 9.18 Å². The van der Waals surface area contributed by atoms with Gasteiger partial charge in [-0.05, 0) is 49.7 Å². The van der Waals surface area contributed by atoms with Crippen LogP contribution in [-0.2, 0) is 4.74 Å². The Kier molecular flexibility index (Phi) is 4.76. The molecule has 3 aromatic rings. The highest BCUT2D eigenvalue weighted by atomic mass is 32.2. The minimum atomic E-state index is -0.532. The molecule has 0 saturated heterocycles. The van der Waals surface area contributed by atoms with Gasteiger partial charge in [-0.1, -0.05) is 17.8 Å². The molecular formula is C18H15FN2O2S. The zero-order chi connectivity index (χ0) is 17.1. The van der Waals surface area contributed by atoms with Gasteiger partial charge in [-0.3, -0.25) is 0 Å². The highest BCUT2D eigenvalue weighted by molar-refractivity contribution is 7.99. The fraction of sp³-hybridized carbons (Fsp3) is 0.167. The van der Waals surface area contributed by atoms with Gasteiger partial charge in [-0.15, -0.1) is 0 Å². The van der Waals surface area contributed by atoms with E-state index in [-0.39, 0.29) is 12.2 Å². The van der Waals surface area contributed by atoms with E-state index in [1.165, 1.54) is 24.2 Å². The molecule has 122 valence electrons. The predicted octanol–water partition coefficient (Wildman–Crippen LogP) is 4.41. The van der Waals surface area contributed by atoms with Crippen LogP contribution in [0.1, 0.15) is 22.8 Å². The molecule has 24 heavy (non-hydrogen) atoms. The fourth-order valence-corrected chi connectivity index (χ4v) is 3.14. The van der Waals surface area contributed by atoms with Crippen LogP contribution in [0.2, 0.25) is 0 Å². The SMILES string of the molecule is CCOC(=O)c1ccc(Sc2ncnc3cc(C)ccc23)c(F)c1. The largest absolute Gasteiger partial charge is 0.462 e. The van der Waals surface area contributed by atoms with E-state index >= 15 is 0 Å². The van der Waals surface area contributed by atoms with E-state index in [0.29, 0.717) is 9.92 Å². The van der Waals surface area contributed by atoms with E-state index in [1.54, 1.807) is 19.1 Å². The van der Waals surface area contributed by atoms with E-state index in [1.807, 2.05) is 25.1 Å². The van der Waals surface area contributed by atoms with Crippen LogP contribution in [0.4, 0.5) is 4.39 Å². The number of carbonyl (C=O) groups is 1. The second-order valence-electron chi connectivity index (χ2n) is 5.17. The van der Waals surface area contributed by atoms with Gasteiger partial charge in [0.2, 0.25) is 0 Å². The van der Waals surface area contributed by atoms with Gasteiger partial charge < -0.3 is 4.74 Å². The molecule has 0 aliphatic rings. The summed E-state index contributed by atoms with van der Waals surface area (Å²) in [7, 11) is 0. The van der Waals surface area contributed by atoms with Crippen molar-refractivity contribution in [2.75, 3.05) is 6.61 Å². The summed E-state index contributed by atoms with van der Waals surface area (Å²) in [5.74, 6) is -1.01. The molecule has 0 aliphatic carbocycles. The molecule has 2 aromatic carbocycles. The van der Waals surface area contributed by atoms with Crippen molar-refractivity contribution in [1.82, 2.24) is 9.97 Å². The average Bonchev–Trinajstić information content (AvgIpc) is 2.56. The number of aromatic nitrogens is 2. The minimum absolute atomic E-state index is 0.196. The number of carbonyl (C=O) groups excluding carboxylic acids is 1. The van der Waals surface area contributed by atoms with Gasteiger partial charge in [0.15, 0.2) is 0 Å². The van der Waals surface area contributed by atoms with Gasteiger partial charge in [0.05, 0.1) is 17.7 Å². The normalized spacial score (nSPS) is 10.8. The molecule has 0 saturated carbocycles. The van der Waals surface area contributed by atoms with Crippen LogP contribution < -0.4 is 0 Å². The van der Waals surface area contributed by atoms with Crippen LogP contribution in [0.5, 0.6) is 0 Å². The van der Waals surface area contributed by atoms with Crippen molar-refractivity contribution in [1.29, 1.82) is 0 Å². The molecule has 0 N–H and O–H groups in total. The number of benzene rings is 2. The number of ether oxygens (including phenoxy) is 1. The van der Waals surface area contributed by atoms with Crippen LogP contribution in [0.3, 0.4) is 0 Å². The molecule has 3 rings (SSSR count). The maximum absolute atomic E-state index is 14.3. The van der Waals surface area contributed by atoms with E-state index < -0.39 is 11.8 Å². The van der Waals surface area contributed by atoms with Gasteiger partial charge in [0, 0.05) is 10.3 Å². The number of hydrogen-bond acceptors (Lipinski definition) is 5. The third-order valence-corrected chi connectivity index (χ3v) is 4.47. The van der Waals surface area contributed by atoms with Crippen LogP contribution in [0, 0.1) is 12.7 Å². The Labute approximate surface area is 143 Å². The number of rotatable bonds is 4. The van der Waals surface area contributed by atoms with Crippen LogP contribution in [-0.4, -0.2) is 22.5 Å². The van der Waals surface area contributed by atoms with E-state index in [2.05, 4.69) is 9.97 Å². The molecule has 0 radical (unpaired) electrons. The first-order valence-corrected chi connectivity index (χ1v) is 8.26. The quantitative estimate of drug-likeness (QED) is 0.519. The molecule has 1 heterocycles. The minimum Gasteiger partial charge on any atom is -0.462 e. The molecule has 0 unspecified atom stereocenters. The molecule has 1 aromatic heterocycles. The van der Waals surface area contributed by atoms with Gasteiger partial charge in [-0.2, -0.15) is 0 Å². The van der Waals surface area contributed by atoms with Gasteiger partial charge in [-0.25, -0.2) is 19.2 Å². The molecule has 4 nitrogen and oxygen atoms in total. The van der Waals surface area contributed by atoms with Gasteiger partial charge >= 0.3 is 5.97 Å². The molecule has 0 bridgehead atoms. The molecule has 0 aliphatic heterocycles. The zero-order valence-electron chi connectivity index (χ0n) is 13.2. The summed E-state index contributed by atoms with van der Waals surface area (Å²) < 4.78 is 19.2. The summed E-state index contributed by atoms with van der Waals surface area (Å²) in [6, 6.07) is 10.2. The summed E-state index contributed by atoms with van der Waals surface area (Å²) in [6.45, 7) is 3.95. The van der Waals surface area contributed by atoms with Crippen LogP contribution >= 0.6 is 11.8 Å². The van der Waals surface area contributed by atoms with Crippen molar-refractivity contribution in [3.63, 3.8) is 0 Å². The van der Waals surface area contributed by atoms with Crippen molar-refractivity contribution in [2.45, 2.75) is 23.8 Å². The second-order valence-corrected chi connectivity index (χ2v) is 6.20. The lowest BCUT2D eigenvalue weighted by Crippen LogP contribution is -2.05. The summed E-state index contributed by atoms with van der Waals surface area (Å²) >= 11 is 1.21. The monoisotopic (exact) mass is 342 g/mol. The lowest BCUT2D eigenvalue weighted by atomic mass is 10.2. The number of fused-ring (bicyclic) bond motifs is 1. The Morgan fingerprint density at radius 2 is 2.04 bits per heavy atom. The van der Waals surface area contributed by atoms with Crippen LogP contribution in [0.25, 0.3) is 10.9 Å². The number of esters is 1. The van der Waals surface area contributed by atoms with Crippen molar-refractivity contribution >= 4 is 28.6 Å². The standard InChI is InChI=1S/C18H15FN2O2S/c1-3-23-18(22)12-5-7-16(14(19)9-12)24-17-13-6-4-11(2)8-15(13)20-10-21-17/h4-10H,3H2,1-2H3. The Morgan fingerprint density at radius 3 is 2.79 bits per heavy atom. The molecule has 0 spiro atoms. The lowest BCUT2D eigenvalue weighted by Gasteiger charge is -2.07. The van der Waals surface area contributed by atoms with Crippen molar-refractivity contribution in [2.24, 2.45) is 0 Å². The summed E-state index contributed by atoms with van der Waals surface area (Å²) in [5, 5.41) is 1.53. The average molecular weight is 342 g/mol. The third-order valence-electron chi connectivity index (χ3n) is 3.41. The number of hydrogen-bond donors (Lipinski definition) is 0. The first-order valence-electron chi connectivity index (χ1n) is 7.44. The predicted molar refractivity (Wildman–Crippen MR) is 90.8 cm³/mol. The molecule has 0 atom stereocenters. The maximum atomic E-state index is 14.3. The summed E-state index contributed by atoms with van der Waals surface area (Å²) in [4.78, 5) is 20.5. The van der Waals surface area contributed by atoms with Crippen LogP contribution in [0.15, 0.2) is 52.6 Å². The summed E-state index contributed by atoms with van der Waals surface area (Å²) in [6.07, 6.45) is 1.47. The highest BCUT2D eigenvalue weighted by Gasteiger charge is 2.13. The van der Waals surface area contributed by atoms with Crippen molar-refractivity contribution in [3.05, 3.63) is 59.7 Å². The van der Waals surface area contributed by atoms with E-state index in [0.717, 1.165) is 16.5 Å². The molecular weight excluding hydrogens is 327 g/mol. The Morgan fingerprint density at radius 1 is 1.21 bits per heavy atom. The smallest absolute Gasteiger partial charge is 0.338 e. The molecule has 0 fully saturated rings. The Hall–Kier alpha value is -2.47. The number of aryl methyl sites for hydroxylation is 1. The number of halogens is 1. The third kappa shape index (κ3) is 3.38. The van der Waals surface area contributed by atoms with E-state index in [4.69, 9.17) is 4.74 Å². The van der Waals surface area contributed by atoms with Crippen molar-refractivity contribution in [3.8, 4) is 0 Å². The van der Waals surface area contributed by atoms with Gasteiger partial charge in [0.1, 0.15) is 17.2 Å². The molecule has 6 heteroatoms. The first-order chi connectivity index (χ1) is 11.6. The Bertz CT molecular complexity index is 915. The molecule has 0 amide bonds. The topological polar surface area (TPSA) is 52.1 Å². The van der Waals surface area contributed by atoms with Crippen molar-refractivity contribution < 1.29 is 13.9 Å². The number of nitrogens with zero attached hydrogens (tertiary/aromatic N) is 2. The van der Waals surface area contributed by atoms with Gasteiger partial charge in [0.25, 0.3) is 0 Å².